The molecule has 0 spiro atoms. The third kappa shape index (κ3) is 1.65. The summed E-state index contributed by atoms with van der Waals surface area (Å²) in [4.78, 5) is 8.56. The zero-order chi connectivity index (χ0) is 11.0. The van der Waals surface area contributed by atoms with Crippen LogP contribution in [0, 0.1) is 0 Å². The molecule has 0 aliphatic heterocycles. The maximum Gasteiger partial charge on any atom is 0.201 e. The van der Waals surface area contributed by atoms with Crippen LogP contribution in [0.2, 0.25) is 0 Å². The molecule has 80 valence electrons. The van der Waals surface area contributed by atoms with Gasteiger partial charge in [0.05, 0.1) is 17.6 Å². The van der Waals surface area contributed by atoms with Crippen molar-refractivity contribution in [3.8, 4) is 0 Å². The molecule has 0 unspecified atom stereocenters. The molecule has 0 saturated carbocycles. The number of nitrogen functional groups attached to an aromatic ring is 1. The number of nitrogens with zero attached hydrogens (tertiary/aromatic N) is 2. The molecule has 2 aromatic heterocycles. The number of anilines is 1. The second-order valence-electron chi connectivity index (χ2n) is 3.49. The highest BCUT2D eigenvalue weighted by Crippen LogP contribution is 2.19. The molecule has 0 atom stereocenters. The standard InChI is InChI=1S/C11H9N3OS/c12-7-1-2-10-9(3-7)14-11(15-10)4-8-5-16-6-13-8/h1-3,5-6H,4,12H2. The zero-order valence-corrected chi connectivity index (χ0v) is 9.20. The van der Waals surface area contributed by atoms with Crippen LogP contribution in [0.5, 0.6) is 0 Å². The van der Waals surface area contributed by atoms with Crippen molar-refractivity contribution in [3.05, 3.63) is 40.7 Å². The van der Waals surface area contributed by atoms with Crippen LogP contribution in [0.4, 0.5) is 5.69 Å². The van der Waals surface area contributed by atoms with E-state index in [4.69, 9.17) is 10.2 Å². The van der Waals surface area contributed by atoms with E-state index in [1.165, 1.54) is 0 Å². The summed E-state index contributed by atoms with van der Waals surface area (Å²) in [5.41, 5.74) is 10.7. The number of rotatable bonds is 2. The fourth-order valence-electron chi connectivity index (χ4n) is 1.55. The van der Waals surface area contributed by atoms with Crippen LogP contribution in [-0.4, -0.2) is 9.97 Å². The largest absolute Gasteiger partial charge is 0.440 e. The van der Waals surface area contributed by atoms with Crippen molar-refractivity contribution in [1.29, 1.82) is 0 Å². The van der Waals surface area contributed by atoms with Gasteiger partial charge in [-0.15, -0.1) is 11.3 Å². The predicted molar refractivity (Wildman–Crippen MR) is 63.3 cm³/mol. The molecule has 0 amide bonds. The van der Waals surface area contributed by atoms with Gasteiger partial charge in [0.15, 0.2) is 5.58 Å². The van der Waals surface area contributed by atoms with Crippen LogP contribution in [-0.2, 0) is 6.42 Å². The molecule has 0 aliphatic rings. The average Bonchev–Trinajstić information content (AvgIpc) is 2.86. The molecule has 16 heavy (non-hydrogen) atoms. The van der Waals surface area contributed by atoms with Crippen LogP contribution < -0.4 is 5.73 Å². The van der Waals surface area contributed by atoms with E-state index in [0.717, 1.165) is 16.8 Å². The lowest BCUT2D eigenvalue weighted by atomic mass is 10.3. The lowest BCUT2D eigenvalue weighted by molar-refractivity contribution is 0.542. The predicted octanol–water partition coefficient (Wildman–Crippen LogP) is 2.46. The first kappa shape index (κ1) is 9.35. The van der Waals surface area contributed by atoms with Crippen LogP contribution in [0.3, 0.4) is 0 Å². The SMILES string of the molecule is Nc1ccc2oc(Cc3cscn3)nc2c1. The molecule has 0 aliphatic carbocycles. The summed E-state index contributed by atoms with van der Waals surface area (Å²) in [6, 6.07) is 5.45. The van der Waals surface area contributed by atoms with Crippen molar-refractivity contribution < 1.29 is 4.42 Å². The van der Waals surface area contributed by atoms with E-state index in [9.17, 15) is 0 Å². The van der Waals surface area contributed by atoms with E-state index in [2.05, 4.69) is 9.97 Å². The fraction of sp³-hybridized carbons (Fsp3) is 0.0909. The first-order chi connectivity index (χ1) is 7.81. The molecule has 4 nitrogen and oxygen atoms in total. The minimum atomic E-state index is 0.623. The molecule has 3 rings (SSSR count). The minimum absolute atomic E-state index is 0.623. The Morgan fingerprint density at radius 2 is 2.31 bits per heavy atom. The maximum atomic E-state index is 5.68. The third-order valence-electron chi connectivity index (χ3n) is 2.27. The van der Waals surface area contributed by atoms with E-state index in [-0.39, 0.29) is 0 Å². The van der Waals surface area contributed by atoms with E-state index >= 15 is 0 Å². The van der Waals surface area contributed by atoms with Gasteiger partial charge in [-0.1, -0.05) is 0 Å². The van der Waals surface area contributed by atoms with Crippen molar-refractivity contribution in [2.75, 3.05) is 5.73 Å². The topological polar surface area (TPSA) is 64.9 Å². The summed E-state index contributed by atoms with van der Waals surface area (Å²) in [6.45, 7) is 0. The lowest BCUT2D eigenvalue weighted by Gasteiger charge is -1.88. The third-order valence-corrected chi connectivity index (χ3v) is 2.91. The van der Waals surface area contributed by atoms with Crippen molar-refractivity contribution in [2.24, 2.45) is 0 Å². The summed E-state index contributed by atoms with van der Waals surface area (Å²) in [7, 11) is 0. The molecule has 3 aromatic rings. The normalized spacial score (nSPS) is 11.0. The van der Waals surface area contributed by atoms with Gasteiger partial charge >= 0.3 is 0 Å². The Morgan fingerprint density at radius 3 is 3.12 bits per heavy atom. The number of fused-ring (bicyclic) bond motifs is 1. The van der Waals surface area contributed by atoms with E-state index in [0.29, 0.717) is 18.0 Å². The van der Waals surface area contributed by atoms with Gasteiger partial charge in [0, 0.05) is 11.1 Å². The van der Waals surface area contributed by atoms with Gasteiger partial charge in [0.25, 0.3) is 0 Å². The van der Waals surface area contributed by atoms with Crippen molar-refractivity contribution in [1.82, 2.24) is 9.97 Å². The first-order valence-corrected chi connectivity index (χ1v) is 5.77. The zero-order valence-electron chi connectivity index (χ0n) is 8.38. The Morgan fingerprint density at radius 1 is 1.38 bits per heavy atom. The summed E-state index contributed by atoms with van der Waals surface area (Å²) in [5, 5.41) is 1.99. The molecule has 1 aromatic carbocycles. The molecule has 0 saturated heterocycles. The number of aromatic nitrogens is 2. The Hall–Kier alpha value is -1.88. The van der Waals surface area contributed by atoms with Crippen LogP contribution in [0.25, 0.3) is 11.1 Å². The van der Waals surface area contributed by atoms with Gasteiger partial charge in [0.1, 0.15) is 5.52 Å². The molecular formula is C11H9N3OS. The first-order valence-electron chi connectivity index (χ1n) is 4.83. The van der Waals surface area contributed by atoms with Gasteiger partial charge < -0.3 is 10.2 Å². The molecule has 0 fully saturated rings. The molecular weight excluding hydrogens is 222 g/mol. The summed E-state index contributed by atoms with van der Waals surface area (Å²) in [5.74, 6) is 0.673. The Balaban J connectivity index is 1.99. The van der Waals surface area contributed by atoms with Crippen LogP contribution in [0.15, 0.2) is 33.5 Å². The number of benzene rings is 1. The number of nitrogens with two attached hydrogens (primary N) is 1. The molecule has 5 heteroatoms. The number of hydrogen-bond acceptors (Lipinski definition) is 5. The van der Waals surface area contributed by atoms with Gasteiger partial charge in [-0.25, -0.2) is 9.97 Å². The Bertz CT molecular complexity index is 615. The maximum absolute atomic E-state index is 5.68. The van der Waals surface area contributed by atoms with Gasteiger partial charge in [-0.3, -0.25) is 0 Å². The molecule has 2 heterocycles. The van der Waals surface area contributed by atoms with Crippen molar-refractivity contribution in [2.45, 2.75) is 6.42 Å². The van der Waals surface area contributed by atoms with Crippen molar-refractivity contribution in [3.63, 3.8) is 0 Å². The Labute approximate surface area is 95.7 Å². The monoisotopic (exact) mass is 231 g/mol. The molecule has 2 N–H and O–H groups in total. The van der Waals surface area contributed by atoms with Gasteiger partial charge in [0.2, 0.25) is 5.89 Å². The van der Waals surface area contributed by atoms with Crippen LogP contribution in [0.1, 0.15) is 11.6 Å². The van der Waals surface area contributed by atoms with Crippen LogP contribution >= 0.6 is 11.3 Å². The number of hydrogen-bond donors (Lipinski definition) is 1. The molecule has 0 radical (unpaired) electrons. The minimum Gasteiger partial charge on any atom is -0.440 e. The highest BCUT2D eigenvalue weighted by Gasteiger charge is 2.07. The lowest BCUT2D eigenvalue weighted by Crippen LogP contribution is -1.87. The van der Waals surface area contributed by atoms with E-state index in [1.54, 1.807) is 22.9 Å². The quantitative estimate of drug-likeness (QED) is 0.688. The summed E-state index contributed by atoms with van der Waals surface area (Å²) < 4.78 is 5.59. The highest BCUT2D eigenvalue weighted by atomic mass is 32.1. The molecule has 0 bridgehead atoms. The van der Waals surface area contributed by atoms with Gasteiger partial charge in [-0.05, 0) is 18.2 Å². The summed E-state index contributed by atoms with van der Waals surface area (Å²) >= 11 is 1.57. The fourth-order valence-corrected chi connectivity index (χ4v) is 2.11. The second kappa shape index (κ2) is 3.61. The van der Waals surface area contributed by atoms with Crippen molar-refractivity contribution >= 4 is 28.1 Å². The van der Waals surface area contributed by atoms with Gasteiger partial charge in [-0.2, -0.15) is 0 Å². The Kier molecular flexibility index (Phi) is 2.11. The number of oxazole rings is 1. The number of thiazole rings is 1. The smallest absolute Gasteiger partial charge is 0.201 e. The summed E-state index contributed by atoms with van der Waals surface area (Å²) in [6.07, 6.45) is 0.623. The second-order valence-corrected chi connectivity index (χ2v) is 4.21. The highest BCUT2D eigenvalue weighted by molar-refractivity contribution is 7.07. The van der Waals surface area contributed by atoms with E-state index < -0.39 is 0 Å². The average molecular weight is 231 g/mol. The van der Waals surface area contributed by atoms with E-state index in [1.807, 2.05) is 17.5 Å².